The first-order valence-corrected chi connectivity index (χ1v) is 12.6. The highest BCUT2D eigenvalue weighted by molar-refractivity contribution is 6.30. The molecule has 0 N–H and O–H groups in total. The third kappa shape index (κ3) is 6.49. The number of hydrogen-bond donors (Lipinski definition) is 0. The van der Waals surface area contributed by atoms with E-state index in [1.807, 2.05) is 37.3 Å². The summed E-state index contributed by atoms with van der Waals surface area (Å²) in [4.78, 5) is 22.1. The maximum absolute atomic E-state index is 12.7. The first-order valence-electron chi connectivity index (χ1n) is 12.2. The first kappa shape index (κ1) is 24.5. The SMILES string of the molecule is Cc1oc(-c2ccc(Cl)cc2)nc1CN1CCC(C(=O)CCCCN(C)c2ccccc2)CC1. The van der Waals surface area contributed by atoms with E-state index in [1.54, 1.807) is 0 Å². The van der Waals surface area contributed by atoms with Gasteiger partial charge in [-0.25, -0.2) is 4.98 Å². The van der Waals surface area contributed by atoms with Crippen LogP contribution in [-0.2, 0) is 11.3 Å². The van der Waals surface area contributed by atoms with Crippen LogP contribution in [0.15, 0.2) is 59.0 Å². The normalized spacial score (nSPS) is 14.9. The molecule has 180 valence electrons. The van der Waals surface area contributed by atoms with Crippen LogP contribution in [0.1, 0.15) is 43.6 Å². The zero-order valence-electron chi connectivity index (χ0n) is 20.2. The standard InChI is InChI=1S/C28H34ClN3O2/c1-21-26(30-28(34-21)23-11-13-24(29)14-12-23)20-32-18-15-22(16-19-32)27(33)10-6-7-17-31(2)25-8-4-3-5-9-25/h3-5,8-9,11-14,22H,6-7,10,15-20H2,1-2H3. The van der Waals surface area contributed by atoms with E-state index in [0.717, 1.165) is 68.9 Å². The second kappa shape index (κ2) is 11.7. The fourth-order valence-electron chi connectivity index (χ4n) is 4.58. The number of rotatable bonds is 10. The molecule has 5 nitrogen and oxygen atoms in total. The number of benzene rings is 2. The van der Waals surface area contributed by atoms with Gasteiger partial charge < -0.3 is 9.32 Å². The van der Waals surface area contributed by atoms with Crippen LogP contribution in [0.4, 0.5) is 5.69 Å². The van der Waals surface area contributed by atoms with Crippen molar-refractivity contribution in [1.29, 1.82) is 0 Å². The van der Waals surface area contributed by atoms with Crippen LogP contribution in [0.25, 0.3) is 11.5 Å². The van der Waals surface area contributed by atoms with Crippen LogP contribution in [0.3, 0.4) is 0 Å². The molecule has 3 aromatic rings. The number of oxazole rings is 1. The van der Waals surface area contributed by atoms with Crippen molar-refractivity contribution < 1.29 is 9.21 Å². The summed E-state index contributed by atoms with van der Waals surface area (Å²) in [5.41, 5.74) is 3.12. The van der Waals surface area contributed by atoms with Gasteiger partial charge in [0.15, 0.2) is 0 Å². The molecule has 0 bridgehead atoms. The quantitative estimate of drug-likeness (QED) is 0.315. The second-order valence-corrected chi connectivity index (χ2v) is 9.70. The molecule has 0 aliphatic carbocycles. The van der Waals surface area contributed by atoms with Gasteiger partial charge in [-0.2, -0.15) is 0 Å². The Morgan fingerprint density at radius 3 is 2.50 bits per heavy atom. The van der Waals surface area contributed by atoms with Crippen molar-refractivity contribution in [3.8, 4) is 11.5 Å². The van der Waals surface area contributed by atoms with Gasteiger partial charge in [-0.3, -0.25) is 9.69 Å². The van der Waals surface area contributed by atoms with Crippen LogP contribution in [0.5, 0.6) is 0 Å². The van der Waals surface area contributed by atoms with E-state index in [9.17, 15) is 4.79 Å². The number of Topliss-reactive ketones (excluding diaryl/α,β-unsaturated/α-hetero) is 1. The number of carbonyl (C=O) groups excluding carboxylic acids is 1. The Hall–Kier alpha value is -2.63. The van der Waals surface area contributed by atoms with Crippen molar-refractivity contribution in [3.63, 3.8) is 0 Å². The molecular weight excluding hydrogens is 446 g/mol. The molecule has 2 heterocycles. The Bertz CT molecular complexity index is 1060. The number of para-hydroxylation sites is 1. The van der Waals surface area contributed by atoms with Gasteiger partial charge in [0.1, 0.15) is 11.5 Å². The van der Waals surface area contributed by atoms with Gasteiger partial charge in [-0.1, -0.05) is 29.8 Å². The van der Waals surface area contributed by atoms with E-state index >= 15 is 0 Å². The number of aryl methyl sites for hydroxylation is 1. The molecule has 0 atom stereocenters. The third-order valence-electron chi connectivity index (χ3n) is 6.76. The van der Waals surface area contributed by atoms with E-state index in [1.165, 1.54) is 5.69 Å². The molecule has 4 rings (SSSR count). The molecule has 1 aromatic heterocycles. The molecule has 6 heteroatoms. The Balaban J connectivity index is 1.18. The minimum Gasteiger partial charge on any atom is -0.441 e. The molecule has 1 saturated heterocycles. The van der Waals surface area contributed by atoms with E-state index in [4.69, 9.17) is 21.0 Å². The number of unbranched alkanes of at least 4 members (excludes halogenated alkanes) is 1. The average Bonchev–Trinajstić information content (AvgIpc) is 3.23. The number of nitrogens with zero attached hydrogens (tertiary/aromatic N) is 3. The van der Waals surface area contributed by atoms with Crippen LogP contribution in [0, 0.1) is 12.8 Å². The van der Waals surface area contributed by atoms with Gasteiger partial charge in [-0.15, -0.1) is 0 Å². The highest BCUT2D eigenvalue weighted by Gasteiger charge is 2.25. The van der Waals surface area contributed by atoms with Crippen molar-refractivity contribution in [3.05, 3.63) is 71.1 Å². The molecule has 1 fully saturated rings. The first-order chi connectivity index (χ1) is 16.5. The predicted molar refractivity (Wildman–Crippen MR) is 138 cm³/mol. The zero-order valence-corrected chi connectivity index (χ0v) is 20.9. The summed E-state index contributed by atoms with van der Waals surface area (Å²) in [5.74, 6) is 2.12. The average molecular weight is 480 g/mol. The molecule has 1 aliphatic rings. The number of halogens is 1. The molecule has 0 spiro atoms. The smallest absolute Gasteiger partial charge is 0.226 e. The largest absolute Gasteiger partial charge is 0.441 e. The van der Waals surface area contributed by atoms with Crippen LogP contribution >= 0.6 is 11.6 Å². The van der Waals surface area contributed by atoms with E-state index in [-0.39, 0.29) is 5.92 Å². The van der Waals surface area contributed by atoms with Crippen LogP contribution in [0.2, 0.25) is 5.02 Å². The van der Waals surface area contributed by atoms with Gasteiger partial charge in [-0.05, 0) is 82.1 Å². The summed E-state index contributed by atoms with van der Waals surface area (Å²) in [6.07, 6.45) is 4.56. The zero-order chi connectivity index (χ0) is 23.9. The van der Waals surface area contributed by atoms with Crippen molar-refractivity contribution in [2.45, 2.75) is 45.6 Å². The molecule has 2 aromatic carbocycles. The number of likely N-dealkylation sites (tertiary alicyclic amines) is 1. The lowest BCUT2D eigenvalue weighted by atomic mass is 9.90. The Labute approximate surface area is 207 Å². The highest BCUT2D eigenvalue weighted by Crippen LogP contribution is 2.26. The van der Waals surface area contributed by atoms with E-state index in [2.05, 4.69) is 41.1 Å². The molecular formula is C28H34ClN3O2. The van der Waals surface area contributed by atoms with E-state index < -0.39 is 0 Å². The molecule has 34 heavy (non-hydrogen) atoms. The van der Waals surface area contributed by atoms with Gasteiger partial charge in [0.2, 0.25) is 5.89 Å². The second-order valence-electron chi connectivity index (χ2n) is 9.26. The topological polar surface area (TPSA) is 49.6 Å². The lowest BCUT2D eigenvalue weighted by Crippen LogP contribution is -2.36. The fraction of sp³-hybridized carbons (Fsp3) is 0.429. The predicted octanol–water partition coefficient (Wildman–Crippen LogP) is 6.39. The monoisotopic (exact) mass is 479 g/mol. The summed E-state index contributed by atoms with van der Waals surface area (Å²) in [5, 5.41) is 0.698. The summed E-state index contributed by atoms with van der Waals surface area (Å²) in [7, 11) is 2.11. The summed E-state index contributed by atoms with van der Waals surface area (Å²) in [6.45, 7) is 5.55. The van der Waals surface area contributed by atoms with Crippen molar-refractivity contribution in [2.75, 3.05) is 31.6 Å². The summed E-state index contributed by atoms with van der Waals surface area (Å²) in [6, 6.07) is 17.9. The van der Waals surface area contributed by atoms with E-state index in [0.29, 0.717) is 23.1 Å². The summed E-state index contributed by atoms with van der Waals surface area (Å²) < 4.78 is 5.90. The van der Waals surface area contributed by atoms with Crippen molar-refractivity contribution in [1.82, 2.24) is 9.88 Å². The number of aromatic nitrogens is 1. The number of ketones is 1. The lowest BCUT2D eigenvalue weighted by molar-refractivity contribution is -0.124. The molecule has 0 unspecified atom stereocenters. The molecule has 1 aliphatic heterocycles. The van der Waals surface area contributed by atoms with Crippen molar-refractivity contribution in [2.24, 2.45) is 5.92 Å². The van der Waals surface area contributed by atoms with Gasteiger partial charge >= 0.3 is 0 Å². The minimum atomic E-state index is 0.200. The van der Waals surface area contributed by atoms with Gasteiger partial charge in [0.25, 0.3) is 0 Å². The minimum absolute atomic E-state index is 0.200. The van der Waals surface area contributed by atoms with Gasteiger partial charge in [0, 0.05) is 48.7 Å². The van der Waals surface area contributed by atoms with Crippen LogP contribution < -0.4 is 4.90 Å². The number of hydrogen-bond acceptors (Lipinski definition) is 5. The molecule has 0 radical (unpaired) electrons. The molecule has 0 amide bonds. The maximum Gasteiger partial charge on any atom is 0.226 e. The Morgan fingerprint density at radius 1 is 1.09 bits per heavy atom. The number of carbonyl (C=O) groups is 1. The van der Waals surface area contributed by atoms with Gasteiger partial charge in [0.05, 0.1) is 5.69 Å². The molecule has 0 saturated carbocycles. The maximum atomic E-state index is 12.7. The fourth-order valence-corrected chi connectivity index (χ4v) is 4.71. The lowest BCUT2D eigenvalue weighted by Gasteiger charge is -2.30. The highest BCUT2D eigenvalue weighted by atomic mass is 35.5. The number of piperidine rings is 1. The third-order valence-corrected chi connectivity index (χ3v) is 7.02. The van der Waals surface area contributed by atoms with Crippen LogP contribution in [-0.4, -0.2) is 42.3 Å². The van der Waals surface area contributed by atoms with Crippen molar-refractivity contribution >= 4 is 23.1 Å². The Morgan fingerprint density at radius 2 is 1.79 bits per heavy atom. The Kier molecular flexibility index (Phi) is 8.41. The number of anilines is 1. The summed E-state index contributed by atoms with van der Waals surface area (Å²) >= 11 is 5.99.